The van der Waals surface area contributed by atoms with Gasteiger partial charge in [-0.25, -0.2) is 4.39 Å². The van der Waals surface area contributed by atoms with Gasteiger partial charge in [0, 0.05) is 4.88 Å². The molecule has 0 fully saturated rings. The molecule has 17 heavy (non-hydrogen) atoms. The molecule has 1 aromatic carbocycles. The molecule has 0 aliphatic heterocycles. The van der Waals surface area contributed by atoms with Gasteiger partial charge in [-0.1, -0.05) is 19.1 Å². The van der Waals surface area contributed by atoms with Gasteiger partial charge in [-0.15, -0.1) is 22.9 Å². The maximum absolute atomic E-state index is 13.2. The highest BCUT2D eigenvalue weighted by Crippen LogP contribution is 2.35. The highest BCUT2D eigenvalue weighted by atomic mass is 35.5. The standard InChI is InChI=1S/C14H14ClFS/c1-3-10-6-7-17-14(10)13(15)11-4-5-12(16)9(2)8-11/h4-8,13H,3H2,1-2H3. The Morgan fingerprint density at radius 1 is 1.35 bits per heavy atom. The molecule has 90 valence electrons. The molecule has 1 aromatic heterocycles. The number of benzene rings is 1. The second-order valence-electron chi connectivity index (χ2n) is 4.03. The van der Waals surface area contributed by atoms with Crippen LogP contribution in [0.2, 0.25) is 0 Å². The zero-order valence-electron chi connectivity index (χ0n) is 9.84. The fourth-order valence-corrected chi connectivity index (χ4v) is 3.27. The Morgan fingerprint density at radius 3 is 2.76 bits per heavy atom. The topological polar surface area (TPSA) is 0 Å². The molecule has 0 radical (unpaired) electrons. The van der Waals surface area contributed by atoms with E-state index in [9.17, 15) is 4.39 Å². The van der Waals surface area contributed by atoms with E-state index in [4.69, 9.17) is 11.6 Å². The number of halogens is 2. The van der Waals surface area contributed by atoms with Crippen LogP contribution >= 0.6 is 22.9 Å². The Bertz CT molecular complexity index is 519. The SMILES string of the molecule is CCc1ccsc1C(Cl)c1ccc(F)c(C)c1. The van der Waals surface area contributed by atoms with Crippen molar-refractivity contribution >= 4 is 22.9 Å². The molecule has 2 rings (SSSR count). The van der Waals surface area contributed by atoms with Crippen molar-refractivity contribution in [2.45, 2.75) is 25.6 Å². The quantitative estimate of drug-likeness (QED) is 0.681. The van der Waals surface area contributed by atoms with Gasteiger partial charge in [0.1, 0.15) is 5.82 Å². The van der Waals surface area contributed by atoms with Crippen LogP contribution in [0, 0.1) is 12.7 Å². The Balaban J connectivity index is 2.36. The van der Waals surface area contributed by atoms with Gasteiger partial charge in [0.2, 0.25) is 0 Å². The molecule has 1 atom stereocenters. The van der Waals surface area contributed by atoms with Gasteiger partial charge in [0.15, 0.2) is 0 Å². The van der Waals surface area contributed by atoms with E-state index in [1.807, 2.05) is 6.07 Å². The minimum absolute atomic E-state index is 0.177. The van der Waals surface area contributed by atoms with Crippen molar-refractivity contribution in [2.75, 3.05) is 0 Å². The van der Waals surface area contributed by atoms with Gasteiger partial charge >= 0.3 is 0 Å². The highest BCUT2D eigenvalue weighted by molar-refractivity contribution is 7.10. The molecule has 1 heterocycles. The number of hydrogen-bond acceptors (Lipinski definition) is 1. The monoisotopic (exact) mass is 268 g/mol. The second kappa shape index (κ2) is 5.19. The lowest BCUT2D eigenvalue weighted by atomic mass is 10.0. The third-order valence-electron chi connectivity index (χ3n) is 2.87. The van der Waals surface area contributed by atoms with Gasteiger partial charge < -0.3 is 0 Å². The summed E-state index contributed by atoms with van der Waals surface area (Å²) >= 11 is 8.13. The smallest absolute Gasteiger partial charge is 0.126 e. The van der Waals surface area contributed by atoms with Gasteiger partial charge in [0.25, 0.3) is 0 Å². The highest BCUT2D eigenvalue weighted by Gasteiger charge is 2.16. The fraction of sp³-hybridized carbons (Fsp3) is 0.286. The first-order valence-corrected chi connectivity index (χ1v) is 6.91. The average molecular weight is 269 g/mol. The normalized spacial score (nSPS) is 12.7. The molecule has 0 aliphatic rings. The molecule has 0 bridgehead atoms. The molecule has 0 N–H and O–H groups in total. The van der Waals surface area contributed by atoms with Crippen molar-refractivity contribution in [1.82, 2.24) is 0 Å². The summed E-state index contributed by atoms with van der Waals surface area (Å²) in [7, 11) is 0. The van der Waals surface area contributed by atoms with E-state index >= 15 is 0 Å². The van der Waals surface area contributed by atoms with Gasteiger partial charge in [-0.3, -0.25) is 0 Å². The van der Waals surface area contributed by atoms with Gasteiger partial charge in [-0.2, -0.15) is 0 Å². The molecule has 0 saturated carbocycles. The van der Waals surface area contributed by atoms with Crippen molar-refractivity contribution in [2.24, 2.45) is 0 Å². The first kappa shape index (κ1) is 12.6. The van der Waals surface area contributed by atoms with Crippen molar-refractivity contribution in [3.05, 3.63) is 57.0 Å². The maximum atomic E-state index is 13.2. The van der Waals surface area contributed by atoms with E-state index < -0.39 is 0 Å². The molecule has 0 nitrogen and oxygen atoms in total. The van der Waals surface area contributed by atoms with Crippen molar-refractivity contribution in [1.29, 1.82) is 0 Å². The number of alkyl halides is 1. The maximum Gasteiger partial charge on any atom is 0.126 e. The van der Waals surface area contributed by atoms with Crippen LogP contribution in [-0.4, -0.2) is 0 Å². The first-order chi connectivity index (χ1) is 8.13. The van der Waals surface area contributed by atoms with E-state index in [-0.39, 0.29) is 11.2 Å². The Hall–Kier alpha value is -0.860. The van der Waals surface area contributed by atoms with E-state index in [0.29, 0.717) is 5.56 Å². The minimum atomic E-state index is -0.181. The van der Waals surface area contributed by atoms with Crippen LogP contribution in [0.5, 0.6) is 0 Å². The lowest BCUT2D eigenvalue weighted by Gasteiger charge is -2.11. The lowest BCUT2D eigenvalue weighted by molar-refractivity contribution is 0.617. The van der Waals surface area contributed by atoms with Crippen molar-refractivity contribution in [3.8, 4) is 0 Å². The number of hydrogen-bond donors (Lipinski definition) is 0. The van der Waals surface area contributed by atoms with Crippen LogP contribution in [0.3, 0.4) is 0 Å². The van der Waals surface area contributed by atoms with Crippen molar-refractivity contribution in [3.63, 3.8) is 0 Å². The van der Waals surface area contributed by atoms with Crippen LogP contribution in [0.4, 0.5) is 4.39 Å². The Labute approximate surface area is 110 Å². The van der Waals surface area contributed by atoms with E-state index in [1.165, 1.54) is 16.5 Å². The Kier molecular flexibility index (Phi) is 3.85. The summed E-state index contributed by atoms with van der Waals surface area (Å²) in [6.45, 7) is 3.88. The predicted octanol–water partition coefficient (Wildman–Crippen LogP) is 5.09. The molecule has 0 aliphatic carbocycles. The predicted molar refractivity (Wildman–Crippen MR) is 72.5 cm³/mol. The van der Waals surface area contributed by atoms with Crippen LogP contribution < -0.4 is 0 Å². The van der Waals surface area contributed by atoms with Crippen LogP contribution in [-0.2, 0) is 6.42 Å². The van der Waals surface area contributed by atoms with Crippen LogP contribution in [0.15, 0.2) is 29.6 Å². The summed E-state index contributed by atoms with van der Waals surface area (Å²) < 4.78 is 13.2. The number of rotatable bonds is 3. The first-order valence-electron chi connectivity index (χ1n) is 5.60. The van der Waals surface area contributed by atoms with E-state index in [0.717, 1.165) is 12.0 Å². The second-order valence-corrected chi connectivity index (χ2v) is 5.42. The third-order valence-corrected chi connectivity index (χ3v) is 4.49. The zero-order chi connectivity index (χ0) is 12.4. The zero-order valence-corrected chi connectivity index (χ0v) is 11.4. The van der Waals surface area contributed by atoms with Crippen LogP contribution in [0.1, 0.15) is 33.9 Å². The minimum Gasteiger partial charge on any atom is -0.207 e. The van der Waals surface area contributed by atoms with E-state index in [2.05, 4.69) is 18.4 Å². The molecular formula is C14H14ClFS. The molecule has 3 heteroatoms. The van der Waals surface area contributed by atoms with E-state index in [1.54, 1.807) is 24.3 Å². The average Bonchev–Trinajstić information content (AvgIpc) is 2.80. The molecule has 2 aromatic rings. The molecule has 0 amide bonds. The summed E-state index contributed by atoms with van der Waals surface area (Å²) in [5, 5.41) is 1.88. The molecule has 1 unspecified atom stereocenters. The summed E-state index contributed by atoms with van der Waals surface area (Å²) in [4.78, 5) is 1.17. The third kappa shape index (κ3) is 2.53. The largest absolute Gasteiger partial charge is 0.207 e. The van der Waals surface area contributed by atoms with Gasteiger partial charge in [0.05, 0.1) is 5.38 Å². The van der Waals surface area contributed by atoms with Crippen LogP contribution in [0.25, 0.3) is 0 Å². The fourth-order valence-electron chi connectivity index (χ4n) is 1.84. The summed E-state index contributed by atoms with van der Waals surface area (Å²) in [6.07, 6.45) is 0.974. The Morgan fingerprint density at radius 2 is 2.12 bits per heavy atom. The molecule has 0 spiro atoms. The lowest BCUT2D eigenvalue weighted by Crippen LogP contribution is -1.95. The van der Waals surface area contributed by atoms with Gasteiger partial charge in [-0.05, 0) is 47.5 Å². The number of thiophene rings is 1. The summed E-state index contributed by atoms with van der Waals surface area (Å²) in [5.41, 5.74) is 2.88. The summed E-state index contributed by atoms with van der Waals surface area (Å²) in [6, 6.07) is 7.18. The summed E-state index contributed by atoms with van der Waals surface area (Å²) in [5.74, 6) is -0.181. The van der Waals surface area contributed by atoms with Crippen molar-refractivity contribution < 1.29 is 4.39 Å². The molecule has 0 saturated heterocycles. The number of aryl methyl sites for hydroxylation is 2. The molecular weight excluding hydrogens is 255 g/mol.